The van der Waals surface area contributed by atoms with Gasteiger partial charge in [-0.05, 0) is 51.6 Å². The van der Waals surface area contributed by atoms with E-state index in [1.807, 2.05) is 0 Å². The summed E-state index contributed by atoms with van der Waals surface area (Å²) >= 11 is 0. The second-order valence-electron chi connectivity index (χ2n) is 13.5. The van der Waals surface area contributed by atoms with Crippen molar-refractivity contribution < 1.29 is 9.47 Å². The lowest BCUT2D eigenvalue weighted by atomic mass is 9.31. The van der Waals surface area contributed by atoms with Crippen LogP contribution in [0.3, 0.4) is 0 Å². The van der Waals surface area contributed by atoms with Crippen LogP contribution >= 0.6 is 0 Å². The summed E-state index contributed by atoms with van der Waals surface area (Å²) in [7, 11) is 0. The Morgan fingerprint density at radius 2 is 0.792 bits per heavy atom. The Labute approximate surface area is 275 Å². The van der Waals surface area contributed by atoms with Crippen LogP contribution in [0.5, 0.6) is 23.0 Å². The first-order chi connectivity index (χ1) is 23.9. The quantitative estimate of drug-likeness (QED) is 0.205. The fourth-order valence-electron chi connectivity index (χ4n) is 9.72. The Morgan fingerprint density at radius 3 is 1.33 bits per heavy atom. The molecule has 6 heteroatoms. The Bertz CT molecular complexity index is 2790. The van der Waals surface area contributed by atoms with E-state index in [9.17, 15) is 0 Å². The van der Waals surface area contributed by atoms with E-state index in [0.717, 1.165) is 39.8 Å². The molecule has 218 valence electrons. The lowest BCUT2D eigenvalue weighted by molar-refractivity contribution is 0.463. The van der Waals surface area contributed by atoms with Gasteiger partial charge < -0.3 is 18.6 Å². The molecule has 0 radical (unpaired) electrons. The van der Waals surface area contributed by atoms with Gasteiger partial charge >= 0.3 is 0 Å². The highest BCUT2D eigenvalue weighted by molar-refractivity contribution is 7.02. The van der Waals surface area contributed by atoms with Gasteiger partial charge in [0.15, 0.2) is 0 Å². The van der Waals surface area contributed by atoms with Crippen molar-refractivity contribution in [3.8, 4) is 34.4 Å². The molecule has 4 aliphatic rings. The maximum Gasteiger partial charge on any atom is 0.260 e. The lowest BCUT2D eigenvalue weighted by Crippen LogP contribution is -2.63. The molecule has 2 aromatic heterocycles. The summed E-state index contributed by atoms with van der Waals surface area (Å²) < 4.78 is 19.4. The van der Waals surface area contributed by atoms with Crippen LogP contribution in [0.2, 0.25) is 0 Å². The monoisotopic (exact) mass is 608 g/mol. The molecule has 7 aromatic carbocycles. The second kappa shape index (κ2) is 8.04. The Morgan fingerprint density at radius 1 is 0.375 bits per heavy atom. The number of fused-ring (bicyclic) bond motifs is 16. The van der Waals surface area contributed by atoms with Crippen LogP contribution in [-0.2, 0) is 0 Å². The van der Waals surface area contributed by atoms with Crippen LogP contribution in [0.1, 0.15) is 0 Å². The minimum atomic E-state index is -0.0334. The Hall–Kier alpha value is -6.13. The van der Waals surface area contributed by atoms with Crippen molar-refractivity contribution in [2.45, 2.75) is 0 Å². The molecule has 4 nitrogen and oxygen atoms in total. The van der Waals surface area contributed by atoms with E-state index in [2.05, 4.69) is 143 Å². The smallest absolute Gasteiger partial charge is 0.260 e. The SMILES string of the molecule is c1ccc2c(c1)Oc1c3c(c4c5c1-n1c6ccccc6c6cccc(c61)B5c1cccc5c6ccccc6n-4c15)Oc1ccccc1B23. The zero-order valence-corrected chi connectivity index (χ0v) is 25.6. The Balaban J connectivity index is 1.33. The molecule has 0 atom stereocenters. The zero-order valence-electron chi connectivity index (χ0n) is 25.6. The van der Waals surface area contributed by atoms with E-state index < -0.39 is 0 Å². The topological polar surface area (TPSA) is 28.3 Å². The molecule has 9 aromatic rings. The predicted octanol–water partition coefficient (Wildman–Crippen LogP) is 5.75. The van der Waals surface area contributed by atoms with Gasteiger partial charge in [0.1, 0.15) is 23.0 Å². The molecule has 0 saturated heterocycles. The molecule has 0 spiro atoms. The number of nitrogens with zero attached hydrogens (tertiary/aromatic N) is 2. The van der Waals surface area contributed by atoms with Crippen molar-refractivity contribution >= 4 is 89.8 Å². The number of hydrogen-bond acceptors (Lipinski definition) is 2. The van der Waals surface area contributed by atoms with Crippen LogP contribution in [-0.4, -0.2) is 22.6 Å². The van der Waals surface area contributed by atoms with Crippen LogP contribution in [0.4, 0.5) is 0 Å². The van der Waals surface area contributed by atoms with E-state index in [4.69, 9.17) is 9.47 Å². The molecule has 0 saturated carbocycles. The van der Waals surface area contributed by atoms with Gasteiger partial charge in [-0.1, -0.05) is 109 Å². The standard InChI is InChI=1S/C42H22B2N2O2/c1-5-19-31-23(11-1)25-13-9-17-29-37(25)45(31)39-35-40(46-32-20-6-2-12-24(32)26-14-10-18-30(38(26)46)44(29)35)42-36-41(39)47-33-21-7-3-15-27(33)43(36)28-16-4-8-22-34(28)48-42/h1-22H. The number of ether oxygens (including phenoxy) is 2. The molecule has 0 aliphatic carbocycles. The summed E-state index contributed by atoms with van der Waals surface area (Å²) in [5.74, 6) is 3.61. The van der Waals surface area contributed by atoms with Gasteiger partial charge in [-0.2, -0.15) is 0 Å². The summed E-state index contributed by atoms with van der Waals surface area (Å²) in [5, 5.41) is 5.05. The van der Waals surface area contributed by atoms with Gasteiger partial charge in [-0.15, -0.1) is 0 Å². The third-order valence-corrected chi connectivity index (χ3v) is 11.4. The zero-order chi connectivity index (χ0) is 30.8. The maximum atomic E-state index is 7.19. The average Bonchev–Trinajstić information content (AvgIpc) is 3.66. The molecule has 4 aliphatic heterocycles. The number of aromatic nitrogens is 2. The largest absolute Gasteiger partial charge is 0.456 e. The third-order valence-electron chi connectivity index (χ3n) is 11.4. The normalized spacial score (nSPS) is 14.1. The number of para-hydroxylation sites is 6. The fraction of sp³-hybridized carbons (Fsp3) is 0. The summed E-state index contributed by atoms with van der Waals surface area (Å²) in [5.41, 5.74) is 14.5. The first-order valence-corrected chi connectivity index (χ1v) is 16.7. The first-order valence-electron chi connectivity index (χ1n) is 16.7. The van der Waals surface area contributed by atoms with Gasteiger partial charge in [0.2, 0.25) is 0 Å². The highest BCUT2D eigenvalue weighted by atomic mass is 16.5. The lowest BCUT2D eigenvalue weighted by Gasteiger charge is -2.41. The first kappa shape index (κ1) is 24.1. The number of hydrogen-bond donors (Lipinski definition) is 0. The van der Waals surface area contributed by atoms with Crippen LogP contribution in [0.25, 0.3) is 55.0 Å². The van der Waals surface area contributed by atoms with E-state index in [-0.39, 0.29) is 13.4 Å². The van der Waals surface area contributed by atoms with Crippen molar-refractivity contribution in [1.29, 1.82) is 0 Å². The van der Waals surface area contributed by atoms with Crippen molar-refractivity contribution in [3.05, 3.63) is 133 Å². The molecular weight excluding hydrogens is 586 g/mol. The molecule has 13 rings (SSSR count). The predicted molar refractivity (Wildman–Crippen MR) is 197 cm³/mol. The average molecular weight is 608 g/mol. The van der Waals surface area contributed by atoms with Crippen LogP contribution in [0, 0.1) is 0 Å². The second-order valence-corrected chi connectivity index (χ2v) is 13.5. The highest BCUT2D eigenvalue weighted by Crippen LogP contribution is 2.47. The van der Waals surface area contributed by atoms with Gasteiger partial charge in [0.05, 0.1) is 22.4 Å². The van der Waals surface area contributed by atoms with Gasteiger partial charge in [0, 0.05) is 38.0 Å². The molecular formula is C42H22B2N2O2. The molecule has 0 fully saturated rings. The Kier molecular flexibility index (Phi) is 4.04. The van der Waals surface area contributed by atoms with E-state index in [1.165, 1.54) is 70.9 Å². The fourth-order valence-corrected chi connectivity index (χ4v) is 9.72. The number of benzene rings is 7. The van der Waals surface area contributed by atoms with E-state index >= 15 is 0 Å². The summed E-state index contributed by atoms with van der Waals surface area (Å²) in [6.07, 6.45) is 0. The van der Waals surface area contributed by atoms with E-state index in [1.54, 1.807) is 0 Å². The van der Waals surface area contributed by atoms with Crippen LogP contribution in [0.15, 0.2) is 133 Å². The maximum absolute atomic E-state index is 7.19. The molecule has 48 heavy (non-hydrogen) atoms. The third kappa shape index (κ3) is 2.54. The summed E-state index contributed by atoms with van der Waals surface area (Å²) in [4.78, 5) is 0. The summed E-state index contributed by atoms with van der Waals surface area (Å²) in [6.45, 7) is -0.0357. The van der Waals surface area contributed by atoms with Crippen molar-refractivity contribution in [3.63, 3.8) is 0 Å². The molecule has 0 amide bonds. The molecule has 6 heterocycles. The molecule has 0 bridgehead atoms. The van der Waals surface area contributed by atoms with Gasteiger partial charge in [-0.25, -0.2) is 0 Å². The molecule has 0 N–H and O–H groups in total. The molecule has 0 unspecified atom stereocenters. The van der Waals surface area contributed by atoms with Crippen molar-refractivity contribution in [1.82, 2.24) is 9.13 Å². The van der Waals surface area contributed by atoms with Gasteiger partial charge in [-0.3, -0.25) is 0 Å². The minimum absolute atomic E-state index is 0.00225. The van der Waals surface area contributed by atoms with Crippen molar-refractivity contribution in [2.75, 3.05) is 0 Å². The van der Waals surface area contributed by atoms with Crippen molar-refractivity contribution in [2.24, 2.45) is 0 Å². The van der Waals surface area contributed by atoms with Gasteiger partial charge in [0.25, 0.3) is 13.4 Å². The van der Waals surface area contributed by atoms with Crippen LogP contribution < -0.4 is 42.3 Å². The van der Waals surface area contributed by atoms with E-state index in [0.29, 0.717) is 0 Å². The summed E-state index contributed by atoms with van der Waals surface area (Å²) in [6, 6.07) is 48.5. The minimum Gasteiger partial charge on any atom is -0.456 e. The highest BCUT2D eigenvalue weighted by Gasteiger charge is 2.50. The number of rotatable bonds is 0.